The molecule has 2 rings (SSSR count). The molecule has 0 radical (unpaired) electrons. The highest BCUT2D eigenvalue weighted by Crippen LogP contribution is 2.42. The SMILES string of the molecule is COC(=O)[C@](NC(C)=O)(c1c[nH]c2ccccc12)C(F)(F)F. The minimum Gasteiger partial charge on any atom is -0.467 e. The summed E-state index contributed by atoms with van der Waals surface area (Å²) in [5.41, 5.74) is -3.29. The van der Waals surface area contributed by atoms with Gasteiger partial charge in [-0.25, -0.2) is 4.79 Å². The number of aromatic amines is 1. The lowest BCUT2D eigenvalue weighted by Gasteiger charge is -2.33. The van der Waals surface area contributed by atoms with Crippen LogP contribution in [-0.4, -0.2) is 30.1 Å². The fourth-order valence-electron chi connectivity index (χ4n) is 2.37. The van der Waals surface area contributed by atoms with E-state index >= 15 is 0 Å². The van der Waals surface area contributed by atoms with Crippen molar-refractivity contribution in [2.45, 2.75) is 18.6 Å². The Balaban J connectivity index is 2.82. The topological polar surface area (TPSA) is 71.2 Å². The summed E-state index contributed by atoms with van der Waals surface area (Å²) in [5, 5.41) is 1.89. The zero-order chi connectivity index (χ0) is 16.5. The average Bonchev–Trinajstić information content (AvgIpc) is 2.86. The van der Waals surface area contributed by atoms with E-state index in [2.05, 4.69) is 9.72 Å². The number of para-hydroxylation sites is 1. The van der Waals surface area contributed by atoms with Gasteiger partial charge in [-0.3, -0.25) is 4.79 Å². The van der Waals surface area contributed by atoms with Crippen LogP contribution in [0.1, 0.15) is 12.5 Å². The Morgan fingerprint density at radius 1 is 1.23 bits per heavy atom. The minimum absolute atomic E-state index is 0.166. The predicted molar refractivity (Wildman–Crippen MR) is 71.9 cm³/mol. The predicted octanol–water partition coefficient (Wildman–Crippen LogP) is 2.23. The molecule has 1 amide bonds. The standard InChI is InChI=1S/C14H13F3N2O3/c1-8(20)19-13(12(21)22-2,14(15,16)17)10-7-18-11-6-4-3-5-9(10)11/h3-7,18H,1-2H3,(H,19,20)/t13-/m1/s1. The van der Waals surface area contributed by atoms with Gasteiger partial charge >= 0.3 is 12.1 Å². The number of ether oxygens (including phenoxy) is 1. The maximum absolute atomic E-state index is 13.7. The number of fused-ring (bicyclic) bond motifs is 1. The number of rotatable bonds is 3. The number of esters is 1. The van der Waals surface area contributed by atoms with Crippen molar-refractivity contribution < 1.29 is 27.5 Å². The van der Waals surface area contributed by atoms with Gasteiger partial charge in [0.2, 0.25) is 5.91 Å². The van der Waals surface area contributed by atoms with Gasteiger partial charge in [-0.05, 0) is 6.07 Å². The molecule has 1 aromatic heterocycles. The molecular formula is C14H13F3N2O3. The molecule has 0 bridgehead atoms. The number of nitrogens with one attached hydrogen (secondary N) is 2. The molecule has 0 unspecified atom stereocenters. The highest BCUT2D eigenvalue weighted by Gasteiger charge is 2.64. The first-order valence-corrected chi connectivity index (χ1v) is 6.24. The summed E-state index contributed by atoms with van der Waals surface area (Å²) < 4.78 is 45.5. The number of aromatic nitrogens is 1. The van der Waals surface area contributed by atoms with E-state index in [-0.39, 0.29) is 5.39 Å². The van der Waals surface area contributed by atoms with E-state index in [1.807, 2.05) is 0 Å². The van der Waals surface area contributed by atoms with E-state index in [1.54, 1.807) is 17.4 Å². The van der Waals surface area contributed by atoms with Gasteiger partial charge in [-0.2, -0.15) is 13.2 Å². The number of halogens is 3. The van der Waals surface area contributed by atoms with E-state index in [9.17, 15) is 22.8 Å². The molecule has 0 fully saturated rings. The van der Waals surface area contributed by atoms with Crippen LogP contribution in [0.15, 0.2) is 30.5 Å². The lowest BCUT2D eigenvalue weighted by Crippen LogP contribution is -2.61. The normalized spacial score (nSPS) is 14.4. The van der Waals surface area contributed by atoms with Crippen LogP contribution in [0.25, 0.3) is 10.9 Å². The number of hydrogen-bond donors (Lipinski definition) is 2. The van der Waals surface area contributed by atoms with Crippen molar-refractivity contribution in [2.75, 3.05) is 7.11 Å². The Bertz CT molecular complexity index is 723. The summed E-state index contributed by atoms with van der Waals surface area (Å²) in [6.45, 7) is 0.901. The molecule has 0 saturated carbocycles. The second kappa shape index (κ2) is 5.36. The van der Waals surface area contributed by atoms with Gasteiger partial charge in [0.1, 0.15) is 0 Å². The lowest BCUT2D eigenvalue weighted by molar-refractivity contribution is -0.215. The zero-order valence-corrected chi connectivity index (χ0v) is 11.7. The van der Waals surface area contributed by atoms with Crippen LogP contribution in [0.4, 0.5) is 13.2 Å². The van der Waals surface area contributed by atoms with Gasteiger partial charge < -0.3 is 15.0 Å². The molecule has 1 aromatic carbocycles. The summed E-state index contributed by atoms with van der Waals surface area (Å²) in [4.78, 5) is 26.0. The van der Waals surface area contributed by atoms with Crippen LogP contribution in [0.2, 0.25) is 0 Å². The molecule has 1 atom stereocenters. The molecule has 0 aliphatic rings. The third kappa shape index (κ3) is 2.30. The number of carbonyl (C=O) groups is 2. The third-order valence-corrected chi connectivity index (χ3v) is 3.27. The van der Waals surface area contributed by atoms with Crippen molar-refractivity contribution >= 4 is 22.8 Å². The summed E-state index contributed by atoms with van der Waals surface area (Å²) in [6, 6.07) is 6.15. The van der Waals surface area contributed by atoms with Gasteiger partial charge in [0.25, 0.3) is 5.54 Å². The lowest BCUT2D eigenvalue weighted by atomic mass is 9.88. The smallest absolute Gasteiger partial charge is 0.426 e. The van der Waals surface area contributed by atoms with Crippen molar-refractivity contribution in [3.8, 4) is 0 Å². The minimum atomic E-state index is -5.09. The van der Waals surface area contributed by atoms with Crippen LogP contribution < -0.4 is 5.32 Å². The van der Waals surface area contributed by atoms with Crippen LogP contribution >= 0.6 is 0 Å². The maximum Gasteiger partial charge on any atom is 0.426 e. The summed E-state index contributed by atoms with van der Waals surface area (Å²) in [6.07, 6.45) is -4.04. The molecule has 0 aliphatic heterocycles. The fraction of sp³-hybridized carbons (Fsp3) is 0.286. The van der Waals surface area contributed by atoms with E-state index in [4.69, 9.17) is 0 Å². The first-order chi connectivity index (χ1) is 10.2. The van der Waals surface area contributed by atoms with E-state index in [0.717, 1.165) is 20.2 Å². The number of carbonyl (C=O) groups excluding carboxylic acids is 2. The van der Waals surface area contributed by atoms with Crippen molar-refractivity contribution in [1.29, 1.82) is 0 Å². The third-order valence-electron chi connectivity index (χ3n) is 3.27. The van der Waals surface area contributed by atoms with Gasteiger partial charge in [-0.1, -0.05) is 18.2 Å². The average molecular weight is 314 g/mol. The molecule has 5 nitrogen and oxygen atoms in total. The largest absolute Gasteiger partial charge is 0.467 e. The maximum atomic E-state index is 13.7. The number of methoxy groups -OCH3 is 1. The Labute approximate surface area is 123 Å². The van der Waals surface area contributed by atoms with Gasteiger partial charge in [0.15, 0.2) is 0 Å². The molecule has 2 N–H and O–H groups in total. The monoisotopic (exact) mass is 314 g/mol. The quantitative estimate of drug-likeness (QED) is 0.854. The molecule has 2 aromatic rings. The van der Waals surface area contributed by atoms with Crippen molar-refractivity contribution in [3.63, 3.8) is 0 Å². The second-order valence-electron chi connectivity index (χ2n) is 4.67. The first-order valence-electron chi connectivity index (χ1n) is 6.24. The number of amides is 1. The summed E-state index contributed by atoms with van der Waals surface area (Å²) >= 11 is 0. The zero-order valence-electron chi connectivity index (χ0n) is 11.7. The molecule has 0 spiro atoms. The van der Waals surface area contributed by atoms with Gasteiger partial charge in [-0.15, -0.1) is 0 Å². The number of H-pyrrole nitrogens is 1. The highest BCUT2D eigenvalue weighted by molar-refractivity contribution is 5.96. The number of benzene rings is 1. The molecular weight excluding hydrogens is 301 g/mol. The molecule has 1 heterocycles. The highest BCUT2D eigenvalue weighted by atomic mass is 19.4. The number of alkyl halides is 3. The Kier molecular flexibility index (Phi) is 3.87. The molecule has 0 saturated heterocycles. The van der Waals surface area contributed by atoms with E-state index in [0.29, 0.717) is 5.52 Å². The Hall–Kier alpha value is -2.51. The van der Waals surface area contributed by atoms with Gasteiger partial charge in [0.05, 0.1) is 7.11 Å². The van der Waals surface area contributed by atoms with Crippen molar-refractivity contribution in [2.24, 2.45) is 0 Å². The van der Waals surface area contributed by atoms with Gasteiger partial charge in [0, 0.05) is 29.6 Å². The summed E-state index contributed by atoms with van der Waals surface area (Å²) in [7, 11) is 0.833. The second-order valence-corrected chi connectivity index (χ2v) is 4.67. The van der Waals surface area contributed by atoms with Crippen LogP contribution in [0.3, 0.4) is 0 Å². The number of hydrogen-bond acceptors (Lipinski definition) is 3. The summed E-state index contributed by atoms with van der Waals surface area (Å²) in [5.74, 6) is -2.62. The molecule has 0 aliphatic carbocycles. The Morgan fingerprint density at radius 2 is 1.86 bits per heavy atom. The Morgan fingerprint density at radius 3 is 2.41 bits per heavy atom. The van der Waals surface area contributed by atoms with E-state index < -0.39 is 29.2 Å². The van der Waals surface area contributed by atoms with Crippen LogP contribution in [0, 0.1) is 0 Å². The molecule has 118 valence electrons. The van der Waals surface area contributed by atoms with Crippen molar-refractivity contribution in [3.05, 3.63) is 36.0 Å². The first kappa shape index (κ1) is 15.9. The van der Waals surface area contributed by atoms with E-state index in [1.165, 1.54) is 12.1 Å². The van der Waals surface area contributed by atoms with Crippen molar-refractivity contribution in [1.82, 2.24) is 10.3 Å². The van der Waals surface area contributed by atoms with Crippen LogP contribution in [0.5, 0.6) is 0 Å². The molecule has 8 heteroatoms. The fourth-order valence-corrected chi connectivity index (χ4v) is 2.37. The molecule has 22 heavy (non-hydrogen) atoms. The van der Waals surface area contributed by atoms with Crippen LogP contribution in [-0.2, 0) is 19.9 Å².